The molecule has 9 nitrogen and oxygen atoms in total. The molecule has 0 fully saturated rings. The minimum Gasteiger partial charge on any atom is -0.485 e. The molecule has 0 aliphatic rings. The molecule has 0 atom stereocenters. The predicted molar refractivity (Wildman–Crippen MR) is 51.5 cm³/mol. The summed E-state index contributed by atoms with van der Waals surface area (Å²) < 4.78 is 5.30. The zero-order valence-electron chi connectivity index (χ0n) is 8.37. The van der Waals surface area contributed by atoms with Crippen LogP contribution >= 0.6 is 0 Å². The number of hydrogen-bond donors (Lipinski definition) is 0. The van der Waals surface area contributed by atoms with E-state index in [1.165, 1.54) is 7.05 Å². The number of aromatic nitrogens is 1. The molecule has 0 unspecified atom stereocenters. The molecule has 0 aliphatic heterocycles. The molecule has 0 saturated heterocycles. The largest absolute Gasteiger partial charge is 0.485 e. The first-order valence-corrected chi connectivity index (χ1v) is 3.96. The topological polar surface area (TPSA) is 118 Å². The van der Waals surface area contributed by atoms with Crippen LogP contribution in [0, 0.1) is 20.2 Å². The Morgan fingerprint density at radius 1 is 1.31 bits per heavy atom. The molecule has 1 aromatic rings. The molecule has 0 radical (unpaired) electrons. The van der Waals surface area contributed by atoms with Crippen LogP contribution in [0.5, 0.6) is 5.75 Å². The second-order valence-electron chi connectivity index (χ2n) is 2.83. The Hall–Kier alpha value is -2.45. The van der Waals surface area contributed by atoms with Gasteiger partial charge in [-0.2, -0.15) is 0 Å². The lowest BCUT2D eigenvalue weighted by molar-refractivity contribution is -0.397. The molecule has 86 valence electrons. The highest BCUT2D eigenvalue weighted by atomic mass is 16.6. The van der Waals surface area contributed by atoms with Crippen molar-refractivity contribution in [3.63, 3.8) is 0 Å². The van der Waals surface area contributed by atoms with Crippen LogP contribution in [-0.4, -0.2) is 21.5 Å². The Balaban J connectivity index is 3.76. The normalized spacial score (nSPS) is 9.88. The van der Waals surface area contributed by atoms with Crippen LogP contribution in [0.2, 0.25) is 0 Å². The van der Waals surface area contributed by atoms with Crippen molar-refractivity contribution in [2.75, 3.05) is 7.11 Å². The van der Waals surface area contributed by atoms with E-state index in [2.05, 4.69) is 4.74 Å². The summed E-state index contributed by atoms with van der Waals surface area (Å²) >= 11 is 0. The number of nitrogens with zero attached hydrogens (tertiary/aromatic N) is 3. The summed E-state index contributed by atoms with van der Waals surface area (Å²) in [5.41, 5.74) is -2.54. The highest BCUT2D eigenvalue weighted by Gasteiger charge is 2.31. The minimum atomic E-state index is -1.01. The molecule has 0 aliphatic carbocycles. The monoisotopic (exact) mass is 229 g/mol. The fourth-order valence-corrected chi connectivity index (χ4v) is 1.18. The van der Waals surface area contributed by atoms with E-state index in [0.717, 1.165) is 17.9 Å². The summed E-state index contributed by atoms with van der Waals surface area (Å²) in [5.74, 6) is -0.641. The van der Waals surface area contributed by atoms with Gasteiger partial charge in [0, 0.05) is 7.05 Å². The van der Waals surface area contributed by atoms with Gasteiger partial charge in [0.25, 0.3) is 5.75 Å². The number of methoxy groups -OCH3 is 1. The first-order valence-electron chi connectivity index (χ1n) is 3.96. The molecule has 1 aromatic heterocycles. The highest BCUT2D eigenvalue weighted by Crippen LogP contribution is 2.32. The second-order valence-corrected chi connectivity index (χ2v) is 2.83. The van der Waals surface area contributed by atoms with Crippen LogP contribution < -0.4 is 10.3 Å². The Kier molecular flexibility index (Phi) is 2.88. The van der Waals surface area contributed by atoms with Gasteiger partial charge < -0.3 is 9.30 Å². The average molecular weight is 229 g/mol. The maximum absolute atomic E-state index is 11.4. The van der Waals surface area contributed by atoms with Gasteiger partial charge in [0.1, 0.15) is 0 Å². The summed E-state index contributed by atoms with van der Waals surface area (Å²) in [6.07, 6.45) is 0.869. The Morgan fingerprint density at radius 2 is 1.88 bits per heavy atom. The molecule has 16 heavy (non-hydrogen) atoms. The third-order valence-electron chi connectivity index (χ3n) is 1.87. The van der Waals surface area contributed by atoms with E-state index < -0.39 is 32.5 Å². The molecule has 0 amide bonds. The molecule has 0 saturated carbocycles. The second kappa shape index (κ2) is 3.96. The molecule has 0 spiro atoms. The molecular weight excluding hydrogens is 222 g/mol. The van der Waals surface area contributed by atoms with Crippen LogP contribution in [0.25, 0.3) is 0 Å². The quantitative estimate of drug-likeness (QED) is 0.540. The lowest BCUT2D eigenvalue weighted by atomic mass is 10.3. The van der Waals surface area contributed by atoms with Gasteiger partial charge in [0.05, 0.1) is 23.2 Å². The minimum absolute atomic E-state index is 0.628. The highest BCUT2D eigenvalue weighted by molar-refractivity contribution is 5.57. The van der Waals surface area contributed by atoms with Crippen LogP contribution in [0.15, 0.2) is 11.0 Å². The van der Waals surface area contributed by atoms with Crippen molar-refractivity contribution < 1.29 is 14.6 Å². The zero-order valence-corrected chi connectivity index (χ0v) is 8.37. The summed E-state index contributed by atoms with van der Waals surface area (Å²) in [6, 6.07) is 0. The van der Waals surface area contributed by atoms with E-state index >= 15 is 0 Å². The van der Waals surface area contributed by atoms with Gasteiger partial charge in [-0.25, -0.2) is 0 Å². The predicted octanol–water partition coefficient (Wildman–Crippen LogP) is 0.210. The van der Waals surface area contributed by atoms with E-state index in [0.29, 0.717) is 0 Å². The lowest BCUT2D eigenvalue weighted by Crippen LogP contribution is -2.21. The number of nitro groups is 2. The van der Waals surface area contributed by atoms with E-state index in [1.807, 2.05) is 0 Å². The first kappa shape index (κ1) is 11.6. The van der Waals surface area contributed by atoms with Gasteiger partial charge in [-0.3, -0.25) is 25.0 Å². The van der Waals surface area contributed by atoms with Crippen LogP contribution in [0.1, 0.15) is 0 Å². The van der Waals surface area contributed by atoms with E-state index in [1.54, 1.807) is 0 Å². The van der Waals surface area contributed by atoms with Crippen molar-refractivity contribution in [3.05, 3.63) is 36.8 Å². The summed E-state index contributed by atoms with van der Waals surface area (Å²) in [7, 11) is 2.20. The maximum atomic E-state index is 11.4. The standard InChI is InChI=1S/C7H7N3O6/c1-8-3-4(9(12)13)6(16-2)5(7(8)11)10(14)15/h3H,1-2H3. The molecule has 0 aromatic carbocycles. The van der Waals surface area contributed by atoms with Crippen molar-refractivity contribution in [1.82, 2.24) is 4.57 Å². The van der Waals surface area contributed by atoms with Gasteiger partial charge in [-0.05, 0) is 0 Å². The van der Waals surface area contributed by atoms with Gasteiger partial charge in [-0.1, -0.05) is 0 Å². The third kappa shape index (κ3) is 1.69. The van der Waals surface area contributed by atoms with Gasteiger partial charge >= 0.3 is 16.9 Å². The van der Waals surface area contributed by atoms with Gasteiger partial charge in [0.15, 0.2) is 0 Å². The SMILES string of the molecule is COc1c([N+](=O)[O-])cn(C)c(=O)c1[N+](=O)[O-]. The van der Waals surface area contributed by atoms with Crippen molar-refractivity contribution in [3.8, 4) is 5.75 Å². The van der Waals surface area contributed by atoms with Crippen molar-refractivity contribution in [2.45, 2.75) is 0 Å². The first-order chi connectivity index (χ1) is 7.40. The smallest absolute Gasteiger partial charge is 0.382 e. The molecular formula is C7H7N3O6. The lowest BCUT2D eigenvalue weighted by Gasteiger charge is -2.03. The number of pyridine rings is 1. The number of hydrogen-bond acceptors (Lipinski definition) is 6. The number of ether oxygens (including phenoxy) is 1. The van der Waals surface area contributed by atoms with Gasteiger partial charge in [-0.15, -0.1) is 0 Å². The summed E-state index contributed by atoms with van der Waals surface area (Å²) in [5, 5.41) is 21.2. The molecule has 1 heterocycles. The van der Waals surface area contributed by atoms with Crippen LogP contribution in [0.4, 0.5) is 11.4 Å². The van der Waals surface area contributed by atoms with Crippen molar-refractivity contribution >= 4 is 11.4 Å². The molecule has 9 heteroatoms. The Labute approximate surface area is 88.2 Å². The molecule has 1 rings (SSSR count). The van der Waals surface area contributed by atoms with Gasteiger partial charge in [0.2, 0.25) is 0 Å². The average Bonchev–Trinajstić information content (AvgIpc) is 2.20. The van der Waals surface area contributed by atoms with Crippen molar-refractivity contribution in [2.24, 2.45) is 7.05 Å². The van der Waals surface area contributed by atoms with E-state index in [4.69, 9.17) is 0 Å². The molecule has 0 bridgehead atoms. The summed E-state index contributed by atoms with van der Waals surface area (Å²) in [6.45, 7) is 0. The van der Waals surface area contributed by atoms with Crippen LogP contribution in [-0.2, 0) is 7.05 Å². The van der Waals surface area contributed by atoms with E-state index in [-0.39, 0.29) is 0 Å². The number of aryl methyl sites for hydroxylation is 1. The fourth-order valence-electron chi connectivity index (χ4n) is 1.18. The molecule has 0 N–H and O–H groups in total. The Morgan fingerprint density at radius 3 is 2.25 bits per heavy atom. The third-order valence-corrected chi connectivity index (χ3v) is 1.87. The van der Waals surface area contributed by atoms with Crippen molar-refractivity contribution in [1.29, 1.82) is 0 Å². The number of rotatable bonds is 3. The maximum Gasteiger partial charge on any atom is 0.382 e. The summed E-state index contributed by atoms with van der Waals surface area (Å²) in [4.78, 5) is 30.7. The fraction of sp³-hybridized carbons (Fsp3) is 0.286. The Bertz CT molecular complexity index is 520. The van der Waals surface area contributed by atoms with E-state index in [9.17, 15) is 25.0 Å². The van der Waals surface area contributed by atoms with Crippen LogP contribution in [0.3, 0.4) is 0 Å². The zero-order chi connectivity index (χ0) is 12.5.